The summed E-state index contributed by atoms with van der Waals surface area (Å²) >= 11 is 1.07. The average molecular weight is 494 g/mol. The van der Waals surface area contributed by atoms with Crippen molar-refractivity contribution >= 4 is 39.3 Å². The minimum absolute atomic E-state index is 0.0278. The summed E-state index contributed by atoms with van der Waals surface area (Å²) in [4.78, 5) is 38.5. The number of pyridine rings is 1. The van der Waals surface area contributed by atoms with Crippen LogP contribution in [0.4, 0.5) is 5.69 Å². The lowest BCUT2D eigenvalue weighted by atomic mass is 10.2. The van der Waals surface area contributed by atoms with Crippen LogP contribution in [0, 0.1) is 10.1 Å². The number of carbonyl (C=O) groups is 2. The molecule has 1 aliphatic rings. The third kappa shape index (κ3) is 6.73. The molecule has 2 aromatic rings. The normalized spacial score (nSPS) is 14.8. The van der Waals surface area contributed by atoms with Crippen LogP contribution in [-0.4, -0.2) is 53.3 Å². The van der Waals surface area contributed by atoms with Crippen LogP contribution in [-0.2, 0) is 14.8 Å². The molecule has 33 heavy (non-hydrogen) atoms. The molecule has 1 aromatic heterocycles. The monoisotopic (exact) mass is 493 g/mol. The highest BCUT2D eigenvalue weighted by atomic mass is 32.2. The van der Waals surface area contributed by atoms with Gasteiger partial charge in [-0.25, -0.2) is 13.4 Å². The molecule has 2 amide bonds. The standard InChI is InChI=1S/C20H23N5O6S2/c26-18(22-23-20(27)15-6-5-7-16(12-15)25(28)29)14-32-19-9-8-17(13-21-19)33(30,31)24-10-3-1-2-4-11-24/h5-9,12-13H,1-4,10-11,14H2,(H,22,26)(H,23,27). The molecule has 0 radical (unpaired) electrons. The maximum atomic E-state index is 12.8. The first kappa shape index (κ1) is 24.6. The summed E-state index contributed by atoms with van der Waals surface area (Å²) in [6.45, 7) is 1.00. The SMILES string of the molecule is O=C(CSc1ccc(S(=O)(=O)N2CCCCCC2)cn1)NNC(=O)c1cccc([N+](=O)[O-])c1. The fourth-order valence-electron chi connectivity index (χ4n) is 3.17. The number of thioether (sulfide) groups is 1. The van der Waals surface area contributed by atoms with Crippen LogP contribution >= 0.6 is 11.8 Å². The maximum Gasteiger partial charge on any atom is 0.270 e. The number of non-ortho nitro benzene ring substituents is 1. The second-order valence-electron chi connectivity index (χ2n) is 7.25. The Kier molecular flexibility index (Phi) is 8.36. The summed E-state index contributed by atoms with van der Waals surface area (Å²) in [6.07, 6.45) is 5.01. The van der Waals surface area contributed by atoms with Crippen molar-refractivity contribution < 1.29 is 22.9 Å². The predicted octanol–water partition coefficient (Wildman–Crippen LogP) is 2.11. The molecule has 13 heteroatoms. The molecule has 1 aliphatic heterocycles. The first-order chi connectivity index (χ1) is 15.8. The Bertz CT molecular complexity index is 1120. The number of nitro groups is 1. The fraction of sp³-hybridized carbons (Fsp3) is 0.350. The van der Waals surface area contributed by atoms with Gasteiger partial charge in [-0.2, -0.15) is 4.31 Å². The smallest absolute Gasteiger partial charge is 0.270 e. The number of hydrogen-bond acceptors (Lipinski definition) is 8. The number of benzene rings is 1. The molecule has 176 valence electrons. The van der Waals surface area contributed by atoms with Gasteiger partial charge in [-0.1, -0.05) is 30.7 Å². The van der Waals surface area contributed by atoms with E-state index < -0.39 is 26.8 Å². The Labute approximate surface area is 195 Å². The first-order valence-electron chi connectivity index (χ1n) is 10.2. The summed E-state index contributed by atoms with van der Waals surface area (Å²) in [5, 5.41) is 11.2. The largest absolute Gasteiger partial charge is 0.272 e. The zero-order valence-electron chi connectivity index (χ0n) is 17.6. The molecule has 0 spiro atoms. The van der Waals surface area contributed by atoms with Crippen molar-refractivity contribution in [1.82, 2.24) is 20.1 Å². The molecular formula is C20H23N5O6S2. The second kappa shape index (κ2) is 11.2. The molecule has 0 saturated carbocycles. The van der Waals surface area contributed by atoms with Crippen molar-refractivity contribution in [3.05, 3.63) is 58.3 Å². The number of hydrazine groups is 1. The number of nitrogens with zero attached hydrogens (tertiary/aromatic N) is 3. The zero-order valence-corrected chi connectivity index (χ0v) is 19.2. The van der Waals surface area contributed by atoms with E-state index in [1.165, 1.54) is 40.8 Å². The average Bonchev–Trinajstić information content (AvgIpc) is 3.12. The van der Waals surface area contributed by atoms with Gasteiger partial charge < -0.3 is 0 Å². The van der Waals surface area contributed by atoms with E-state index in [-0.39, 0.29) is 21.9 Å². The van der Waals surface area contributed by atoms with E-state index in [0.29, 0.717) is 18.1 Å². The molecule has 3 rings (SSSR count). The molecule has 0 aliphatic carbocycles. The van der Waals surface area contributed by atoms with Crippen molar-refractivity contribution in [2.24, 2.45) is 0 Å². The molecule has 1 fully saturated rings. The second-order valence-corrected chi connectivity index (χ2v) is 10.2. The lowest BCUT2D eigenvalue weighted by Crippen LogP contribution is -2.42. The van der Waals surface area contributed by atoms with Crippen LogP contribution < -0.4 is 10.9 Å². The number of nitrogens with one attached hydrogen (secondary N) is 2. The molecule has 0 atom stereocenters. The molecule has 1 saturated heterocycles. The van der Waals surface area contributed by atoms with Gasteiger partial charge in [-0.05, 0) is 31.0 Å². The van der Waals surface area contributed by atoms with Crippen molar-refractivity contribution in [1.29, 1.82) is 0 Å². The zero-order chi connectivity index (χ0) is 23.8. The summed E-state index contributed by atoms with van der Waals surface area (Å²) in [5.74, 6) is -1.31. The quantitative estimate of drug-likeness (QED) is 0.338. The first-order valence-corrected chi connectivity index (χ1v) is 12.6. The van der Waals surface area contributed by atoms with E-state index >= 15 is 0 Å². The Balaban J connectivity index is 1.50. The summed E-state index contributed by atoms with van der Waals surface area (Å²) in [5.41, 5.74) is 4.21. The van der Waals surface area contributed by atoms with Crippen LogP contribution in [0.1, 0.15) is 36.0 Å². The van der Waals surface area contributed by atoms with Crippen molar-refractivity contribution in [3.63, 3.8) is 0 Å². The van der Waals surface area contributed by atoms with Gasteiger partial charge in [0.2, 0.25) is 15.9 Å². The third-order valence-corrected chi connectivity index (χ3v) is 7.72. The fourth-order valence-corrected chi connectivity index (χ4v) is 5.28. The summed E-state index contributed by atoms with van der Waals surface area (Å²) < 4.78 is 27.0. The van der Waals surface area contributed by atoms with Gasteiger partial charge >= 0.3 is 0 Å². The Morgan fingerprint density at radius 1 is 1.09 bits per heavy atom. The Morgan fingerprint density at radius 3 is 2.45 bits per heavy atom. The van der Waals surface area contributed by atoms with Gasteiger partial charge in [-0.3, -0.25) is 30.6 Å². The minimum Gasteiger partial charge on any atom is -0.272 e. The number of aromatic nitrogens is 1. The van der Waals surface area contributed by atoms with E-state index in [1.54, 1.807) is 0 Å². The van der Waals surface area contributed by atoms with Gasteiger partial charge in [-0.15, -0.1) is 0 Å². The lowest BCUT2D eigenvalue weighted by Gasteiger charge is -2.19. The molecule has 1 aromatic carbocycles. The maximum absolute atomic E-state index is 12.8. The molecule has 2 N–H and O–H groups in total. The van der Waals surface area contributed by atoms with Crippen molar-refractivity contribution in [2.45, 2.75) is 35.6 Å². The third-order valence-electron chi connectivity index (χ3n) is 4.90. The van der Waals surface area contributed by atoms with E-state index in [0.717, 1.165) is 43.5 Å². The summed E-state index contributed by atoms with van der Waals surface area (Å²) in [7, 11) is -3.59. The van der Waals surface area contributed by atoms with Crippen molar-refractivity contribution in [2.75, 3.05) is 18.8 Å². The lowest BCUT2D eigenvalue weighted by molar-refractivity contribution is -0.384. The van der Waals surface area contributed by atoms with Crippen LogP contribution in [0.15, 0.2) is 52.5 Å². The van der Waals surface area contributed by atoms with E-state index in [1.807, 2.05) is 0 Å². The van der Waals surface area contributed by atoms with Gasteiger partial charge in [0.05, 0.1) is 15.7 Å². The predicted molar refractivity (Wildman–Crippen MR) is 121 cm³/mol. The van der Waals surface area contributed by atoms with E-state index in [2.05, 4.69) is 15.8 Å². The highest BCUT2D eigenvalue weighted by Gasteiger charge is 2.25. The number of carbonyl (C=O) groups excluding carboxylic acids is 2. The topological polar surface area (TPSA) is 152 Å². The highest BCUT2D eigenvalue weighted by Crippen LogP contribution is 2.22. The molecule has 0 bridgehead atoms. The number of rotatable bonds is 7. The molecular weight excluding hydrogens is 470 g/mol. The van der Waals surface area contributed by atoms with Gasteiger partial charge in [0.25, 0.3) is 11.6 Å². The van der Waals surface area contributed by atoms with Gasteiger partial charge in [0.1, 0.15) is 4.90 Å². The minimum atomic E-state index is -3.59. The Morgan fingerprint density at radius 2 is 1.82 bits per heavy atom. The van der Waals surface area contributed by atoms with Crippen LogP contribution in [0.2, 0.25) is 0 Å². The Hall–Kier alpha value is -3.03. The van der Waals surface area contributed by atoms with Crippen LogP contribution in [0.3, 0.4) is 0 Å². The summed E-state index contributed by atoms with van der Waals surface area (Å²) in [6, 6.07) is 8.11. The number of sulfonamides is 1. The number of hydrogen-bond donors (Lipinski definition) is 2. The van der Waals surface area contributed by atoms with Crippen LogP contribution in [0.25, 0.3) is 0 Å². The molecule has 11 nitrogen and oxygen atoms in total. The van der Waals surface area contributed by atoms with Gasteiger partial charge in [0, 0.05) is 37.0 Å². The van der Waals surface area contributed by atoms with Gasteiger partial charge in [0.15, 0.2) is 0 Å². The highest BCUT2D eigenvalue weighted by molar-refractivity contribution is 7.99. The van der Waals surface area contributed by atoms with E-state index in [4.69, 9.17) is 0 Å². The molecule has 0 unspecified atom stereocenters. The van der Waals surface area contributed by atoms with Crippen LogP contribution in [0.5, 0.6) is 0 Å². The van der Waals surface area contributed by atoms with Crippen molar-refractivity contribution in [3.8, 4) is 0 Å². The number of amides is 2. The molecule has 2 heterocycles. The number of nitro benzene ring substituents is 1. The van der Waals surface area contributed by atoms with E-state index in [9.17, 15) is 28.1 Å².